The van der Waals surface area contributed by atoms with E-state index in [1.807, 2.05) is 61.1 Å². The first-order valence-corrected chi connectivity index (χ1v) is 10.4. The molecule has 0 radical (unpaired) electrons. The summed E-state index contributed by atoms with van der Waals surface area (Å²) in [6.07, 6.45) is 2.50. The molecule has 3 aromatic rings. The number of aryl methyl sites for hydroxylation is 2. The van der Waals surface area contributed by atoms with Gasteiger partial charge < -0.3 is 9.47 Å². The van der Waals surface area contributed by atoms with Gasteiger partial charge in [0, 0.05) is 26.7 Å². The fraction of sp³-hybridized carbons (Fsp3) is 0.240. The highest BCUT2D eigenvalue weighted by Gasteiger charge is 2.34. The Hall–Kier alpha value is -3.74. The van der Waals surface area contributed by atoms with E-state index in [0.29, 0.717) is 6.42 Å². The van der Waals surface area contributed by atoms with Crippen molar-refractivity contribution in [2.75, 3.05) is 13.6 Å². The van der Waals surface area contributed by atoms with Crippen LogP contribution in [0.1, 0.15) is 39.6 Å². The predicted molar refractivity (Wildman–Crippen MR) is 121 cm³/mol. The van der Waals surface area contributed by atoms with Gasteiger partial charge in [-0.15, -0.1) is 0 Å². The predicted octanol–water partition coefficient (Wildman–Crippen LogP) is 3.92. The second-order valence-corrected chi connectivity index (χ2v) is 8.06. The first-order chi connectivity index (χ1) is 15.3. The lowest BCUT2D eigenvalue weighted by Gasteiger charge is -2.25. The highest BCUT2D eigenvalue weighted by molar-refractivity contribution is 6.02. The average molecular weight is 432 g/mol. The molecule has 0 bridgehead atoms. The minimum atomic E-state index is -0.612. The second-order valence-electron chi connectivity index (χ2n) is 8.06. The first-order valence-electron chi connectivity index (χ1n) is 10.4. The maximum absolute atomic E-state index is 14.0. The lowest BCUT2D eigenvalue weighted by Crippen LogP contribution is -2.39. The van der Waals surface area contributed by atoms with Gasteiger partial charge in [-0.05, 0) is 36.8 Å². The third kappa shape index (κ3) is 4.19. The molecule has 4 rings (SSSR count). The Bertz CT molecular complexity index is 1180. The smallest absolute Gasteiger partial charge is 0.262 e. The van der Waals surface area contributed by atoms with Gasteiger partial charge in [0.25, 0.3) is 11.8 Å². The van der Waals surface area contributed by atoms with Crippen LogP contribution in [-0.2, 0) is 11.8 Å². The van der Waals surface area contributed by atoms with Crippen LogP contribution in [0.5, 0.6) is 0 Å². The molecule has 1 unspecified atom stereocenters. The molecule has 0 saturated heterocycles. The summed E-state index contributed by atoms with van der Waals surface area (Å²) in [6, 6.07) is 17.4. The van der Waals surface area contributed by atoms with E-state index < -0.39 is 11.7 Å². The average Bonchev–Trinajstić information content (AvgIpc) is 3.40. The molecule has 2 aromatic carbocycles. The topological polar surface area (TPSA) is 57.9 Å². The van der Waals surface area contributed by atoms with E-state index in [0.717, 1.165) is 22.5 Å². The van der Waals surface area contributed by atoms with Gasteiger partial charge in [0.15, 0.2) is 0 Å². The zero-order chi connectivity index (χ0) is 22.8. The number of nitrogens with zero attached hydrogens (tertiary/aromatic N) is 4. The van der Waals surface area contributed by atoms with Crippen molar-refractivity contribution in [3.05, 3.63) is 95.1 Å². The van der Waals surface area contributed by atoms with Crippen molar-refractivity contribution >= 4 is 17.5 Å². The van der Waals surface area contributed by atoms with Crippen LogP contribution in [-0.4, -0.2) is 45.6 Å². The standard InChI is InChI=1S/C25H25FN4O2/c1-17-10-12-18(13-11-17)23-15-21(22-9-6-14-28(22)2)27-30(23)24(31)16-29(3)25(32)19-7-4-5-8-20(19)26/h4-14,23H,15-16H2,1-3H3. The van der Waals surface area contributed by atoms with Crippen LogP contribution < -0.4 is 0 Å². The molecule has 0 aliphatic carbocycles. The van der Waals surface area contributed by atoms with Crippen LogP contribution in [0.3, 0.4) is 0 Å². The molecule has 0 saturated carbocycles. The molecule has 0 N–H and O–H groups in total. The molecule has 1 aliphatic rings. The Kier molecular flexibility index (Phi) is 5.90. The van der Waals surface area contributed by atoms with Crippen LogP contribution >= 0.6 is 0 Å². The van der Waals surface area contributed by atoms with Crippen molar-refractivity contribution in [3.8, 4) is 0 Å². The number of carbonyl (C=O) groups excluding carboxylic acids is 2. The Morgan fingerprint density at radius 3 is 2.47 bits per heavy atom. The summed E-state index contributed by atoms with van der Waals surface area (Å²) in [7, 11) is 3.43. The highest BCUT2D eigenvalue weighted by atomic mass is 19.1. The van der Waals surface area contributed by atoms with Crippen LogP contribution in [0.2, 0.25) is 0 Å². The van der Waals surface area contributed by atoms with Crippen molar-refractivity contribution < 1.29 is 14.0 Å². The van der Waals surface area contributed by atoms with E-state index in [1.165, 1.54) is 35.2 Å². The van der Waals surface area contributed by atoms with Gasteiger partial charge >= 0.3 is 0 Å². The molecule has 164 valence electrons. The van der Waals surface area contributed by atoms with Gasteiger partial charge in [0.1, 0.15) is 12.4 Å². The van der Waals surface area contributed by atoms with E-state index in [2.05, 4.69) is 5.10 Å². The zero-order valence-electron chi connectivity index (χ0n) is 18.3. The van der Waals surface area contributed by atoms with Gasteiger partial charge in [0.05, 0.1) is 23.0 Å². The van der Waals surface area contributed by atoms with Crippen molar-refractivity contribution in [1.29, 1.82) is 0 Å². The molecule has 32 heavy (non-hydrogen) atoms. The minimum absolute atomic E-state index is 0.0627. The quantitative estimate of drug-likeness (QED) is 0.614. The summed E-state index contributed by atoms with van der Waals surface area (Å²) in [5, 5.41) is 6.10. The van der Waals surface area contributed by atoms with Gasteiger partial charge in [0.2, 0.25) is 0 Å². The lowest BCUT2D eigenvalue weighted by atomic mass is 9.99. The molecule has 2 heterocycles. The van der Waals surface area contributed by atoms with E-state index in [1.54, 1.807) is 6.07 Å². The fourth-order valence-electron chi connectivity index (χ4n) is 3.89. The number of rotatable bonds is 5. The van der Waals surface area contributed by atoms with Gasteiger partial charge in [-0.25, -0.2) is 9.40 Å². The first kappa shape index (κ1) is 21.5. The molecule has 1 aliphatic heterocycles. The van der Waals surface area contributed by atoms with Crippen LogP contribution in [0.25, 0.3) is 0 Å². The largest absolute Gasteiger partial charge is 0.350 e. The van der Waals surface area contributed by atoms with E-state index in [-0.39, 0.29) is 24.1 Å². The van der Waals surface area contributed by atoms with Crippen molar-refractivity contribution in [2.24, 2.45) is 12.1 Å². The third-order valence-electron chi connectivity index (χ3n) is 5.69. The summed E-state index contributed by atoms with van der Waals surface area (Å²) in [6.45, 7) is 1.80. The third-order valence-corrected chi connectivity index (χ3v) is 5.69. The number of aromatic nitrogens is 1. The maximum atomic E-state index is 14.0. The molecule has 2 amide bonds. The van der Waals surface area contributed by atoms with Gasteiger partial charge in [-0.3, -0.25) is 9.59 Å². The Balaban J connectivity index is 1.59. The van der Waals surface area contributed by atoms with Crippen molar-refractivity contribution in [3.63, 3.8) is 0 Å². The summed E-state index contributed by atoms with van der Waals surface area (Å²) in [4.78, 5) is 27.2. The monoisotopic (exact) mass is 432 g/mol. The molecular weight excluding hydrogens is 407 g/mol. The van der Waals surface area contributed by atoms with Crippen molar-refractivity contribution in [2.45, 2.75) is 19.4 Å². The number of hydrogen-bond acceptors (Lipinski definition) is 3. The number of halogens is 1. The van der Waals surface area contributed by atoms with Crippen LogP contribution in [0.15, 0.2) is 72.0 Å². The number of hydrazone groups is 1. The van der Waals surface area contributed by atoms with Gasteiger partial charge in [-0.2, -0.15) is 5.10 Å². The molecule has 0 spiro atoms. The number of likely N-dealkylation sites (N-methyl/N-ethyl adjacent to an activating group) is 1. The molecule has 7 heteroatoms. The molecule has 1 atom stereocenters. The van der Waals surface area contributed by atoms with E-state index in [9.17, 15) is 14.0 Å². The Morgan fingerprint density at radius 1 is 1.09 bits per heavy atom. The van der Waals surface area contributed by atoms with E-state index in [4.69, 9.17) is 0 Å². The van der Waals surface area contributed by atoms with E-state index >= 15 is 0 Å². The van der Waals surface area contributed by atoms with Gasteiger partial charge in [-0.1, -0.05) is 42.0 Å². The summed E-state index contributed by atoms with van der Waals surface area (Å²) < 4.78 is 16.0. The lowest BCUT2D eigenvalue weighted by molar-refractivity contribution is -0.133. The fourth-order valence-corrected chi connectivity index (χ4v) is 3.89. The SMILES string of the molecule is Cc1ccc(C2CC(c3cccn3C)=NN2C(=O)CN(C)C(=O)c2ccccc2F)cc1. The number of amides is 2. The highest BCUT2D eigenvalue weighted by Crippen LogP contribution is 2.33. The summed E-state index contributed by atoms with van der Waals surface area (Å²) in [5.41, 5.74) is 3.78. The van der Waals surface area contributed by atoms with Crippen LogP contribution in [0, 0.1) is 12.7 Å². The maximum Gasteiger partial charge on any atom is 0.262 e. The number of carbonyl (C=O) groups is 2. The molecular formula is C25H25FN4O2. The number of hydrogen-bond donors (Lipinski definition) is 0. The van der Waals surface area contributed by atoms with Crippen molar-refractivity contribution in [1.82, 2.24) is 14.5 Å². The molecule has 6 nitrogen and oxygen atoms in total. The second kappa shape index (κ2) is 8.78. The summed E-state index contributed by atoms with van der Waals surface area (Å²) >= 11 is 0. The summed E-state index contributed by atoms with van der Waals surface area (Å²) in [5.74, 6) is -1.49. The Labute approximate surface area is 186 Å². The minimum Gasteiger partial charge on any atom is -0.350 e. The molecule has 1 aromatic heterocycles. The normalized spacial score (nSPS) is 15.6. The molecule has 0 fully saturated rings. The number of benzene rings is 2. The van der Waals surface area contributed by atoms with Crippen LogP contribution in [0.4, 0.5) is 4.39 Å². The Morgan fingerprint density at radius 2 is 1.81 bits per heavy atom. The zero-order valence-corrected chi connectivity index (χ0v) is 18.3.